The van der Waals surface area contributed by atoms with Crippen LogP contribution < -0.4 is 9.64 Å². The molecular formula is C42H43Cl2N7O2. The number of aryl methyl sites for hydroxylation is 7. The predicted molar refractivity (Wildman–Crippen MR) is 215 cm³/mol. The van der Waals surface area contributed by atoms with Crippen molar-refractivity contribution in [2.24, 2.45) is 21.1 Å². The van der Waals surface area contributed by atoms with Crippen LogP contribution in [-0.4, -0.2) is 47.8 Å². The third-order valence-electron chi connectivity index (χ3n) is 10.8. The first kappa shape index (κ1) is 35.1. The van der Waals surface area contributed by atoms with E-state index in [0.29, 0.717) is 36.7 Å². The monoisotopic (exact) mass is 747 g/mol. The average molecular weight is 749 g/mol. The number of rotatable bonds is 8. The summed E-state index contributed by atoms with van der Waals surface area (Å²) in [5.74, 6) is 0.762. The van der Waals surface area contributed by atoms with E-state index in [0.717, 1.165) is 88.7 Å². The molecule has 0 fully saturated rings. The average Bonchev–Trinajstić information content (AvgIpc) is 3.86. The summed E-state index contributed by atoms with van der Waals surface area (Å²) < 4.78 is 14.3. The lowest BCUT2D eigenvalue weighted by atomic mass is 9.98. The zero-order valence-corrected chi connectivity index (χ0v) is 32.9. The Labute approximate surface area is 319 Å². The molecule has 272 valence electrons. The third kappa shape index (κ3) is 5.72. The second-order valence-corrected chi connectivity index (χ2v) is 15.3. The van der Waals surface area contributed by atoms with E-state index in [-0.39, 0.29) is 11.9 Å². The number of hydrogen-bond donors (Lipinski definition) is 0. The molecular weight excluding hydrogens is 705 g/mol. The van der Waals surface area contributed by atoms with Crippen molar-refractivity contribution in [3.63, 3.8) is 0 Å². The Kier molecular flexibility index (Phi) is 8.70. The maximum Gasteiger partial charge on any atom is 0.275 e. The molecule has 9 nitrogen and oxygen atoms in total. The number of anilines is 1. The fraction of sp³-hybridized carbons (Fsp3) is 0.310. The van der Waals surface area contributed by atoms with Crippen molar-refractivity contribution in [3.05, 3.63) is 105 Å². The molecule has 1 amide bonds. The number of fused-ring (bicyclic) bond motifs is 4. The summed E-state index contributed by atoms with van der Waals surface area (Å²) in [6.07, 6.45) is 5.37. The highest BCUT2D eigenvalue weighted by molar-refractivity contribution is 6.35. The van der Waals surface area contributed by atoms with Crippen molar-refractivity contribution < 1.29 is 9.53 Å². The molecule has 3 aromatic carbocycles. The van der Waals surface area contributed by atoms with Crippen molar-refractivity contribution >= 4 is 56.6 Å². The second kappa shape index (κ2) is 13.1. The van der Waals surface area contributed by atoms with Gasteiger partial charge in [0.15, 0.2) is 0 Å². The maximum absolute atomic E-state index is 15.2. The van der Waals surface area contributed by atoms with Crippen LogP contribution in [-0.2, 0) is 27.6 Å². The quantitative estimate of drug-likeness (QED) is 0.145. The first-order valence-electron chi connectivity index (χ1n) is 18.0. The Bertz CT molecular complexity index is 2580. The number of carbonyl (C=O) groups excluding carboxylic acids is 1. The van der Waals surface area contributed by atoms with Crippen LogP contribution in [0, 0.1) is 27.7 Å². The Morgan fingerprint density at radius 1 is 0.906 bits per heavy atom. The predicted octanol–water partition coefficient (Wildman–Crippen LogP) is 9.71. The molecule has 1 atom stereocenters. The lowest BCUT2D eigenvalue weighted by Gasteiger charge is -2.34. The summed E-state index contributed by atoms with van der Waals surface area (Å²) in [7, 11) is 5.90. The standard InChI is InChI=1S/C42H43Cl2N7O2/c1-23-18-29(19-24(2)39(23)44)53-17-9-10-30-31-12-13-33(43)38(37-26(4)45-49(8)27(37)5)40(31)51-25(3)21-50(42(52)41(30)51)36-22-47(6)35-14-11-28(20-32(35)36)34-15-16-48(7)46-34/h11-16,18-20,22,25H,9-10,17,21H2,1-8H3/t25-/m1/s1. The SMILES string of the molecule is Cc1cc(OCCCc2c3n(c4c(-c5c(C)nn(C)c5C)c(Cl)ccc24)[C@H](C)CN(c2cn(C)c4ccc(-c5ccn(C)n5)cc24)C3=O)cc(C)c1Cl. The summed E-state index contributed by atoms with van der Waals surface area (Å²) in [5.41, 5.74) is 12.3. The molecule has 1 aliphatic rings. The van der Waals surface area contributed by atoms with Gasteiger partial charge in [0.2, 0.25) is 0 Å². The summed E-state index contributed by atoms with van der Waals surface area (Å²) in [5, 5.41) is 12.8. The normalized spacial score (nSPS) is 14.6. The van der Waals surface area contributed by atoms with Gasteiger partial charge in [0.1, 0.15) is 11.4 Å². The fourth-order valence-electron chi connectivity index (χ4n) is 8.25. The van der Waals surface area contributed by atoms with Gasteiger partial charge in [-0.05, 0) is 101 Å². The molecule has 0 saturated heterocycles. The van der Waals surface area contributed by atoms with Crippen LogP contribution in [0.15, 0.2) is 60.9 Å². The van der Waals surface area contributed by atoms with Gasteiger partial charge < -0.3 is 18.8 Å². The molecule has 0 N–H and O–H groups in total. The number of amides is 1. The fourth-order valence-corrected chi connectivity index (χ4v) is 8.61. The van der Waals surface area contributed by atoms with Crippen molar-refractivity contribution in [3.8, 4) is 28.1 Å². The van der Waals surface area contributed by atoms with Crippen LogP contribution in [0.3, 0.4) is 0 Å². The number of carbonyl (C=O) groups is 1. The van der Waals surface area contributed by atoms with E-state index in [4.69, 9.17) is 33.0 Å². The minimum atomic E-state index is -0.0565. The summed E-state index contributed by atoms with van der Waals surface area (Å²) in [6, 6.07) is 16.3. The minimum Gasteiger partial charge on any atom is -0.494 e. The molecule has 0 bridgehead atoms. The van der Waals surface area contributed by atoms with E-state index >= 15 is 4.79 Å². The van der Waals surface area contributed by atoms with Gasteiger partial charge in [-0.2, -0.15) is 10.2 Å². The molecule has 0 saturated carbocycles. The Balaban J connectivity index is 1.26. The van der Waals surface area contributed by atoms with E-state index < -0.39 is 0 Å². The van der Waals surface area contributed by atoms with Gasteiger partial charge in [0.05, 0.1) is 34.2 Å². The van der Waals surface area contributed by atoms with E-state index in [1.165, 1.54) is 0 Å². The smallest absolute Gasteiger partial charge is 0.275 e. The Hall–Kier alpha value is -4.99. The molecule has 8 rings (SSSR count). The van der Waals surface area contributed by atoms with Crippen molar-refractivity contribution in [2.75, 3.05) is 18.1 Å². The molecule has 53 heavy (non-hydrogen) atoms. The molecule has 5 heterocycles. The number of benzene rings is 3. The van der Waals surface area contributed by atoms with E-state index in [2.05, 4.69) is 58.5 Å². The molecule has 7 aromatic rings. The zero-order valence-electron chi connectivity index (χ0n) is 31.4. The zero-order chi connectivity index (χ0) is 37.5. The van der Waals surface area contributed by atoms with Crippen LogP contribution in [0.1, 0.15) is 58.0 Å². The van der Waals surface area contributed by atoms with E-state index in [1.54, 1.807) is 4.68 Å². The van der Waals surface area contributed by atoms with Crippen molar-refractivity contribution in [2.45, 2.75) is 53.5 Å². The number of nitrogens with zero attached hydrogens (tertiary/aromatic N) is 7. The molecule has 11 heteroatoms. The minimum absolute atomic E-state index is 0.0309. The molecule has 0 unspecified atom stereocenters. The number of halogens is 2. The maximum atomic E-state index is 15.2. The Morgan fingerprint density at radius 2 is 1.66 bits per heavy atom. The second-order valence-electron chi connectivity index (χ2n) is 14.5. The highest BCUT2D eigenvalue weighted by Gasteiger charge is 2.37. The van der Waals surface area contributed by atoms with Gasteiger partial charge in [-0.25, -0.2) is 0 Å². The van der Waals surface area contributed by atoms with E-state index in [9.17, 15) is 0 Å². The Morgan fingerprint density at radius 3 is 2.34 bits per heavy atom. The van der Waals surface area contributed by atoms with Crippen molar-refractivity contribution in [1.82, 2.24) is 28.7 Å². The number of ether oxygens (including phenoxy) is 1. The van der Waals surface area contributed by atoms with Crippen LogP contribution in [0.4, 0.5) is 5.69 Å². The third-order valence-corrected chi connectivity index (χ3v) is 11.7. The van der Waals surface area contributed by atoms with Crippen LogP contribution in [0.25, 0.3) is 44.2 Å². The molecule has 4 aromatic heterocycles. The first-order chi connectivity index (χ1) is 25.3. The van der Waals surface area contributed by atoms with Crippen LogP contribution in [0.5, 0.6) is 5.75 Å². The highest BCUT2D eigenvalue weighted by Crippen LogP contribution is 2.46. The highest BCUT2D eigenvalue weighted by atomic mass is 35.5. The van der Waals surface area contributed by atoms with Gasteiger partial charge in [0, 0.05) is 89.8 Å². The van der Waals surface area contributed by atoms with Gasteiger partial charge in [0.25, 0.3) is 5.91 Å². The molecule has 0 spiro atoms. The summed E-state index contributed by atoms with van der Waals surface area (Å²) >= 11 is 13.6. The van der Waals surface area contributed by atoms with Crippen LogP contribution >= 0.6 is 23.2 Å². The van der Waals surface area contributed by atoms with Gasteiger partial charge >= 0.3 is 0 Å². The van der Waals surface area contributed by atoms with Gasteiger partial charge in [-0.1, -0.05) is 35.3 Å². The molecule has 0 aliphatic carbocycles. The topological polar surface area (TPSA) is 75.0 Å². The lowest BCUT2D eigenvalue weighted by molar-refractivity contribution is 0.0957. The molecule has 0 radical (unpaired) electrons. The largest absolute Gasteiger partial charge is 0.494 e. The van der Waals surface area contributed by atoms with Gasteiger partial charge in [-0.15, -0.1) is 0 Å². The summed E-state index contributed by atoms with van der Waals surface area (Å²) in [4.78, 5) is 17.1. The van der Waals surface area contributed by atoms with E-state index in [1.807, 2.05) is 82.0 Å². The summed E-state index contributed by atoms with van der Waals surface area (Å²) in [6.45, 7) is 11.2. The van der Waals surface area contributed by atoms with Gasteiger partial charge in [-0.3, -0.25) is 14.2 Å². The molecule has 1 aliphatic heterocycles. The lowest BCUT2D eigenvalue weighted by Crippen LogP contribution is -2.42. The number of aromatic nitrogens is 6. The first-order valence-corrected chi connectivity index (χ1v) is 18.8. The van der Waals surface area contributed by atoms with Crippen LogP contribution in [0.2, 0.25) is 10.0 Å². The van der Waals surface area contributed by atoms with Crippen molar-refractivity contribution in [1.29, 1.82) is 0 Å². The number of hydrogen-bond acceptors (Lipinski definition) is 4.